The highest BCUT2D eigenvalue weighted by atomic mass is 16.5. The Balaban J connectivity index is 2.06. The molecule has 0 unspecified atom stereocenters. The highest BCUT2D eigenvalue weighted by molar-refractivity contribution is 4.72. The van der Waals surface area contributed by atoms with Gasteiger partial charge in [0.1, 0.15) is 0 Å². The molecule has 1 rings (SSSR count). The van der Waals surface area contributed by atoms with Gasteiger partial charge in [-0.25, -0.2) is 0 Å². The van der Waals surface area contributed by atoms with E-state index in [9.17, 15) is 0 Å². The van der Waals surface area contributed by atoms with Gasteiger partial charge in [0, 0.05) is 19.7 Å². The summed E-state index contributed by atoms with van der Waals surface area (Å²) in [6.45, 7) is 5.41. The summed E-state index contributed by atoms with van der Waals surface area (Å²) in [5, 5.41) is 0. The maximum absolute atomic E-state index is 5.58. The normalized spacial score (nSPS) is 27.6. The zero-order valence-electron chi connectivity index (χ0n) is 6.97. The van der Waals surface area contributed by atoms with Gasteiger partial charge in [0.2, 0.25) is 0 Å². The first-order chi connectivity index (χ1) is 4.83. The van der Waals surface area contributed by atoms with E-state index in [0.29, 0.717) is 6.10 Å². The first-order valence-electron chi connectivity index (χ1n) is 4.13. The summed E-state index contributed by atoms with van der Waals surface area (Å²) in [7, 11) is 2.15. The summed E-state index contributed by atoms with van der Waals surface area (Å²) in [5.74, 6) is 0. The Bertz CT molecular complexity index is 95.3. The Morgan fingerprint density at radius 3 is 2.90 bits per heavy atom. The molecule has 1 fully saturated rings. The summed E-state index contributed by atoms with van der Waals surface area (Å²) in [5.41, 5.74) is 0. The lowest BCUT2D eigenvalue weighted by Gasteiger charge is -2.10. The van der Waals surface area contributed by atoms with Crippen molar-refractivity contribution in [3.8, 4) is 0 Å². The summed E-state index contributed by atoms with van der Waals surface area (Å²) >= 11 is 0. The van der Waals surface area contributed by atoms with E-state index < -0.39 is 0 Å². The minimum Gasteiger partial charge on any atom is -0.377 e. The van der Waals surface area contributed by atoms with Crippen LogP contribution in [0.15, 0.2) is 0 Å². The van der Waals surface area contributed by atoms with Crippen LogP contribution in [0.25, 0.3) is 0 Å². The van der Waals surface area contributed by atoms with Crippen molar-refractivity contribution in [2.24, 2.45) is 0 Å². The molecule has 2 nitrogen and oxygen atoms in total. The Kier molecular flexibility index (Phi) is 3.16. The van der Waals surface area contributed by atoms with Crippen LogP contribution in [-0.4, -0.2) is 37.7 Å². The van der Waals surface area contributed by atoms with Crippen molar-refractivity contribution in [3.05, 3.63) is 0 Å². The fourth-order valence-electron chi connectivity index (χ4n) is 1.32. The van der Waals surface area contributed by atoms with E-state index in [1.807, 2.05) is 0 Å². The van der Waals surface area contributed by atoms with Gasteiger partial charge in [0.05, 0.1) is 6.10 Å². The van der Waals surface area contributed by atoms with Crippen LogP contribution in [0.1, 0.15) is 19.8 Å². The fraction of sp³-hybridized carbons (Fsp3) is 1.00. The van der Waals surface area contributed by atoms with E-state index in [-0.39, 0.29) is 0 Å². The summed E-state index contributed by atoms with van der Waals surface area (Å²) in [6, 6.07) is 0. The molecule has 1 aliphatic rings. The van der Waals surface area contributed by atoms with Gasteiger partial charge < -0.3 is 9.64 Å². The van der Waals surface area contributed by atoms with E-state index in [1.165, 1.54) is 13.0 Å². The topological polar surface area (TPSA) is 12.5 Å². The number of nitrogens with zero attached hydrogens (tertiary/aromatic N) is 1. The Morgan fingerprint density at radius 1 is 1.60 bits per heavy atom. The van der Waals surface area contributed by atoms with Crippen LogP contribution < -0.4 is 0 Å². The molecule has 60 valence electrons. The number of hydrogen-bond acceptors (Lipinski definition) is 2. The predicted octanol–water partition coefficient (Wildman–Crippen LogP) is 1.12. The van der Waals surface area contributed by atoms with Crippen LogP contribution in [0.5, 0.6) is 0 Å². The smallest absolute Gasteiger partial charge is 0.0714 e. The van der Waals surface area contributed by atoms with Crippen LogP contribution in [0, 0.1) is 0 Å². The maximum Gasteiger partial charge on any atom is 0.0714 e. The molecular formula is C8H17NO. The van der Waals surface area contributed by atoms with Crippen LogP contribution >= 0.6 is 0 Å². The van der Waals surface area contributed by atoms with Crippen molar-refractivity contribution in [1.29, 1.82) is 0 Å². The van der Waals surface area contributed by atoms with Crippen LogP contribution in [0.2, 0.25) is 0 Å². The van der Waals surface area contributed by atoms with Crippen molar-refractivity contribution in [2.45, 2.75) is 25.9 Å². The Hall–Kier alpha value is -0.0800. The molecule has 0 saturated carbocycles. The van der Waals surface area contributed by atoms with Crippen LogP contribution in [0.4, 0.5) is 0 Å². The molecule has 1 aliphatic heterocycles. The lowest BCUT2D eigenvalue weighted by Crippen LogP contribution is -2.19. The first kappa shape index (κ1) is 8.02. The molecule has 0 spiro atoms. The van der Waals surface area contributed by atoms with Crippen molar-refractivity contribution in [2.75, 3.05) is 26.7 Å². The second-order valence-electron chi connectivity index (χ2n) is 3.04. The average Bonchev–Trinajstić information content (AvgIpc) is 2.31. The highest BCUT2D eigenvalue weighted by Crippen LogP contribution is 2.09. The van der Waals surface area contributed by atoms with Gasteiger partial charge in [0.15, 0.2) is 0 Å². The van der Waals surface area contributed by atoms with E-state index in [0.717, 1.165) is 19.6 Å². The molecule has 0 radical (unpaired) electrons. The minimum atomic E-state index is 0.518. The largest absolute Gasteiger partial charge is 0.377 e. The zero-order chi connectivity index (χ0) is 7.40. The third kappa shape index (κ3) is 2.27. The van der Waals surface area contributed by atoms with E-state index in [2.05, 4.69) is 18.9 Å². The molecule has 1 heterocycles. The number of rotatable bonds is 3. The number of hydrogen-bond donors (Lipinski definition) is 0. The molecule has 1 saturated heterocycles. The Morgan fingerprint density at radius 2 is 2.40 bits per heavy atom. The molecule has 2 heteroatoms. The molecule has 0 aromatic heterocycles. The van der Waals surface area contributed by atoms with Gasteiger partial charge in [-0.2, -0.15) is 0 Å². The third-order valence-corrected chi connectivity index (χ3v) is 1.91. The Labute approximate surface area is 63.2 Å². The molecule has 10 heavy (non-hydrogen) atoms. The SMILES string of the molecule is CCCO[C@@H]1CCN(C)C1. The van der Waals surface area contributed by atoms with Gasteiger partial charge in [0.25, 0.3) is 0 Å². The summed E-state index contributed by atoms with van der Waals surface area (Å²) in [4.78, 5) is 2.32. The van der Waals surface area contributed by atoms with E-state index in [4.69, 9.17) is 4.74 Å². The van der Waals surface area contributed by atoms with E-state index >= 15 is 0 Å². The molecular weight excluding hydrogens is 126 g/mol. The number of ether oxygens (including phenoxy) is 1. The van der Waals surface area contributed by atoms with Gasteiger partial charge in [-0.15, -0.1) is 0 Å². The maximum atomic E-state index is 5.58. The average molecular weight is 143 g/mol. The molecule has 0 aromatic rings. The monoisotopic (exact) mass is 143 g/mol. The summed E-state index contributed by atoms with van der Waals surface area (Å²) in [6.07, 6.45) is 2.88. The van der Waals surface area contributed by atoms with Gasteiger partial charge >= 0.3 is 0 Å². The molecule has 0 amide bonds. The predicted molar refractivity (Wildman–Crippen MR) is 42.1 cm³/mol. The molecule has 0 aromatic carbocycles. The van der Waals surface area contributed by atoms with Gasteiger partial charge in [-0.3, -0.25) is 0 Å². The molecule has 1 atom stereocenters. The molecule has 0 aliphatic carbocycles. The quantitative estimate of drug-likeness (QED) is 0.587. The van der Waals surface area contributed by atoms with Crippen LogP contribution in [-0.2, 0) is 4.74 Å². The lowest BCUT2D eigenvalue weighted by atomic mass is 10.3. The minimum absolute atomic E-state index is 0.518. The van der Waals surface area contributed by atoms with Gasteiger partial charge in [-0.1, -0.05) is 6.92 Å². The van der Waals surface area contributed by atoms with Crippen LogP contribution in [0.3, 0.4) is 0 Å². The third-order valence-electron chi connectivity index (χ3n) is 1.91. The van der Waals surface area contributed by atoms with Gasteiger partial charge in [-0.05, 0) is 19.9 Å². The van der Waals surface area contributed by atoms with Crippen molar-refractivity contribution in [1.82, 2.24) is 4.90 Å². The molecule has 0 bridgehead atoms. The number of likely N-dealkylation sites (tertiary alicyclic amines) is 1. The highest BCUT2D eigenvalue weighted by Gasteiger charge is 2.18. The van der Waals surface area contributed by atoms with E-state index in [1.54, 1.807) is 0 Å². The van der Waals surface area contributed by atoms with Crippen molar-refractivity contribution >= 4 is 0 Å². The molecule has 0 N–H and O–H groups in total. The second-order valence-corrected chi connectivity index (χ2v) is 3.04. The second kappa shape index (κ2) is 3.94. The standard InChI is InChI=1S/C8H17NO/c1-3-6-10-8-4-5-9(2)7-8/h8H,3-7H2,1-2H3/t8-/m1/s1. The first-order valence-corrected chi connectivity index (χ1v) is 4.13. The zero-order valence-corrected chi connectivity index (χ0v) is 6.97. The van der Waals surface area contributed by atoms with Crippen molar-refractivity contribution < 1.29 is 4.74 Å². The lowest BCUT2D eigenvalue weighted by molar-refractivity contribution is 0.0614. The summed E-state index contributed by atoms with van der Waals surface area (Å²) < 4.78 is 5.58. The number of likely N-dealkylation sites (N-methyl/N-ethyl adjacent to an activating group) is 1. The fourth-order valence-corrected chi connectivity index (χ4v) is 1.32. The van der Waals surface area contributed by atoms with Crippen molar-refractivity contribution in [3.63, 3.8) is 0 Å².